The number of hydrogen-bond donors (Lipinski definition) is 2. The van der Waals surface area contributed by atoms with Crippen LogP contribution in [0.1, 0.15) is 13.3 Å². The maximum atomic E-state index is 12.3. The molecule has 0 amide bonds. The molecule has 1 atom stereocenters. The Balaban J connectivity index is 2.35. The predicted octanol–water partition coefficient (Wildman–Crippen LogP) is 0.778. The normalized spacial score (nSPS) is 25.7. The van der Waals surface area contributed by atoms with Gasteiger partial charge in [0, 0.05) is 10.6 Å². The van der Waals surface area contributed by atoms with E-state index < -0.39 is 25.4 Å². The van der Waals surface area contributed by atoms with Crippen LogP contribution in [0, 0.1) is 0 Å². The summed E-state index contributed by atoms with van der Waals surface area (Å²) in [6.45, 7) is 1.57. The van der Waals surface area contributed by atoms with Gasteiger partial charge in [0.05, 0.1) is 17.2 Å². The third-order valence-corrected chi connectivity index (χ3v) is 6.98. The summed E-state index contributed by atoms with van der Waals surface area (Å²) in [6.07, 6.45) is 0.231. The minimum absolute atomic E-state index is 0.0307. The second kappa shape index (κ2) is 4.87. The third-order valence-electron chi connectivity index (χ3n) is 3.15. The highest BCUT2D eigenvalue weighted by Gasteiger charge is 2.41. The van der Waals surface area contributed by atoms with E-state index in [9.17, 15) is 16.8 Å². The van der Waals surface area contributed by atoms with Crippen molar-refractivity contribution in [2.75, 3.05) is 17.2 Å². The molecule has 20 heavy (non-hydrogen) atoms. The quantitative estimate of drug-likeness (QED) is 0.792. The van der Waals surface area contributed by atoms with Gasteiger partial charge < -0.3 is 5.73 Å². The number of nitrogens with one attached hydrogen (secondary N) is 1. The molecule has 2 rings (SSSR count). The van der Waals surface area contributed by atoms with Crippen molar-refractivity contribution in [2.45, 2.75) is 23.8 Å². The molecule has 9 heteroatoms. The lowest BCUT2D eigenvalue weighted by atomic mass is 10.0. The minimum atomic E-state index is -3.93. The number of hydrogen-bond acceptors (Lipinski definition) is 5. The fourth-order valence-electron chi connectivity index (χ4n) is 2.21. The monoisotopic (exact) mass is 338 g/mol. The van der Waals surface area contributed by atoms with E-state index in [1.54, 1.807) is 6.92 Å². The highest BCUT2D eigenvalue weighted by Crippen LogP contribution is 2.28. The highest BCUT2D eigenvalue weighted by molar-refractivity contribution is 7.92. The van der Waals surface area contributed by atoms with Crippen molar-refractivity contribution in [1.29, 1.82) is 0 Å². The number of anilines is 1. The Kier molecular flexibility index (Phi) is 3.79. The number of sulfonamides is 1. The van der Waals surface area contributed by atoms with Crippen LogP contribution >= 0.6 is 11.6 Å². The van der Waals surface area contributed by atoms with Crippen molar-refractivity contribution in [1.82, 2.24) is 4.72 Å². The van der Waals surface area contributed by atoms with E-state index >= 15 is 0 Å². The smallest absolute Gasteiger partial charge is 0.243 e. The van der Waals surface area contributed by atoms with Crippen LogP contribution in [0.2, 0.25) is 5.02 Å². The molecule has 0 spiro atoms. The van der Waals surface area contributed by atoms with Gasteiger partial charge >= 0.3 is 0 Å². The van der Waals surface area contributed by atoms with E-state index in [0.717, 1.165) is 0 Å². The summed E-state index contributed by atoms with van der Waals surface area (Å²) >= 11 is 5.78. The van der Waals surface area contributed by atoms with Gasteiger partial charge in [-0.2, -0.15) is 0 Å². The topological polar surface area (TPSA) is 106 Å². The van der Waals surface area contributed by atoms with Gasteiger partial charge in [0.1, 0.15) is 4.90 Å². The zero-order chi connectivity index (χ0) is 15.2. The minimum Gasteiger partial charge on any atom is -0.398 e. The van der Waals surface area contributed by atoms with Crippen LogP contribution in [-0.4, -0.2) is 33.9 Å². The summed E-state index contributed by atoms with van der Waals surface area (Å²) < 4.78 is 50.1. The van der Waals surface area contributed by atoms with Gasteiger partial charge in [-0.1, -0.05) is 11.6 Å². The molecule has 1 unspecified atom stereocenters. The van der Waals surface area contributed by atoms with E-state index in [2.05, 4.69) is 4.72 Å². The number of halogens is 1. The summed E-state index contributed by atoms with van der Waals surface area (Å²) in [4.78, 5) is -0.143. The summed E-state index contributed by atoms with van der Waals surface area (Å²) in [5.41, 5.74) is 4.69. The molecule has 0 aliphatic carbocycles. The van der Waals surface area contributed by atoms with Gasteiger partial charge in [-0.25, -0.2) is 21.6 Å². The molecule has 0 saturated carbocycles. The molecule has 0 radical (unpaired) electrons. The molecule has 1 saturated heterocycles. The van der Waals surface area contributed by atoms with Crippen LogP contribution in [0.15, 0.2) is 23.1 Å². The first-order valence-corrected chi connectivity index (χ1v) is 9.51. The lowest BCUT2D eigenvalue weighted by molar-refractivity contribution is 0.462. The third kappa shape index (κ3) is 3.25. The first-order chi connectivity index (χ1) is 9.03. The van der Waals surface area contributed by atoms with Gasteiger partial charge in [0.15, 0.2) is 9.84 Å². The Hall–Kier alpha value is -0.830. The van der Waals surface area contributed by atoms with E-state index in [1.807, 2.05) is 0 Å². The van der Waals surface area contributed by atoms with Crippen LogP contribution < -0.4 is 10.5 Å². The highest BCUT2D eigenvalue weighted by atomic mass is 35.5. The Labute approximate surface area is 123 Å². The van der Waals surface area contributed by atoms with Crippen LogP contribution in [0.25, 0.3) is 0 Å². The molecular formula is C11H15ClN2O4S2. The molecule has 3 N–H and O–H groups in total. The first kappa shape index (κ1) is 15.6. The standard InChI is InChI=1S/C11H15ClN2O4S2/c1-11(4-5-19(15,16)7-11)14-20(17,18)10-6-8(12)2-3-9(10)13/h2-3,6,14H,4-5,7,13H2,1H3. The van der Waals surface area contributed by atoms with Crippen molar-refractivity contribution in [3.05, 3.63) is 23.2 Å². The summed E-state index contributed by atoms with van der Waals surface area (Å²) in [5.74, 6) is -0.253. The molecule has 1 fully saturated rings. The van der Waals surface area contributed by atoms with Gasteiger partial charge in [-0.3, -0.25) is 0 Å². The van der Waals surface area contributed by atoms with Crippen molar-refractivity contribution in [2.24, 2.45) is 0 Å². The number of nitrogen functional groups attached to an aromatic ring is 1. The SMILES string of the molecule is CC1(NS(=O)(=O)c2cc(Cl)ccc2N)CCS(=O)(=O)C1. The van der Waals surface area contributed by atoms with Crippen molar-refractivity contribution >= 4 is 37.1 Å². The van der Waals surface area contributed by atoms with E-state index in [-0.39, 0.29) is 33.5 Å². The molecular weight excluding hydrogens is 324 g/mol. The number of benzene rings is 1. The molecule has 6 nitrogen and oxygen atoms in total. The van der Waals surface area contributed by atoms with Gasteiger partial charge in [-0.05, 0) is 31.5 Å². The van der Waals surface area contributed by atoms with Gasteiger partial charge in [0.25, 0.3) is 0 Å². The Morgan fingerprint density at radius 3 is 2.60 bits per heavy atom. The molecule has 0 bridgehead atoms. The van der Waals surface area contributed by atoms with Crippen molar-refractivity contribution in [3.63, 3.8) is 0 Å². The summed E-state index contributed by atoms with van der Waals surface area (Å²) in [7, 11) is -7.14. The number of nitrogens with two attached hydrogens (primary N) is 1. The molecule has 1 aliphatic heterocycles. The summed E-state index contributed by atoms with van der Waals surface area (Å²) in [6, 6.07) is 4.12. The lowest BCUT2D eigenvalue weighted by Gasteiger charge is -2.24. The molecule has 1 aromatic rings. The zero-order valence-electron chi connectivity index (χ0n) is 10.8. The Morgan fingerprint density at radius 1 is 1.40 bits per heavy atom. The maximum absolute atomic E-state index is 12.3. The van der Waals surface area contributed by atoms with E-state index in [4.69, 9.17) is 17.3 Å². The Bertz CT molecular complexity index is 746. The molecule has 112 valence electrons. The average Bonchev–Trinajstić information content (AvgIpc) is 2.55. The van der Waals surface area contributed by atoms with E-state index in [1.165, 1.54) is 18.2 Å². The predicted molar refractivity (Wildman–Crippen MR) is 77.9 cm³/mol. The fourth-order valence-corrected chi connectivity index (χ4v) is 6.23. The lowest BCUT2D eigenvalue weighted by Crippen LogP contribution is -2.46. The maximum Gasteiger partial charge on any atom is 0.243 e. The van der Waals surface area contributed by atoms with E-state index in [0.29, 0.717) is 0 Å². The van der Waals surface area contributed by atoms with Crippen LogP contribution in [-0.2, 0) is 19.9 Å². The molecule has 1 aromatic carbocycles. The molecule has 0 aromatic heterocycles. The van der Waals surface area contributed by atoms with Gasteiger partial charge in [0.2, 0.25) is 10.0 Å². The zero-order valence-corrected chi connectivity index (χ0v) is 13.1. The second-order valence-corrected chi connectivity index (χ2v) is 9.46. The first-order valence-electron chi connectivity index (χ1n) is 5.83. The summed E-state index contributed by atoms with van der Waals surface area (Å²) in [5, 5.41) is 0.240. The second-order valence-electron chi connectivity index (χ2n) is 5.19. The van der Waals surface area contributed by atoms with Crippen LogP contribution in [0.5, 0.6) is 0 Å². The average molecular weight is 339 g/mol. The number of rotatable bonds is 3. The molecule has 1 aliphatic rings. The fraction of sp³-hybridized carbons (Fsp3) is 0.455. The Morgan fingerprint density at radius 2 is 2.05 bits per heavy atom. The van der Waals surface area contributed by atoms with Gasteiger partial charge in [-0.15, -0.1) is 0 Å². The van der Waals surface area contributed by atoms with Crippen molar-refractivity contribution in [3.8, 4) is 0 Å². The van der Waals surface area contributed by atoms with Crippen LogP contribution in [0.4, 0.5) is 5.69 Å². The molecule has 1 heterocycles. The van der Waals surface area contributed by atoms with Crippen molar-refractivity contribution < 1.29 is 16.8 Å². The number of sulfone groups is 1. The largest absolute Gasteiger partial charge is 0.398 e. The van der Waals surface area contributed by atoms with Crippen LogP contribution in [0.3, 0.4) is 0 Å².